The van der Waals surface area contributed by atoms with E-state index in [1.54, 1.807) is 19.1 Å². The van der Waals surface area contributed by atoms with E-state index < -0.39 is 0 Å². The molecule has 0 radical (unpaired) electrons. The molecule has 1 fully saturated rings. The van der Waals surface area contributed by atoms with Gasteiger partial charge in [-0.1, -0.05) is 30.4 Å². The van der Waals surface area contributed by atoms with Gasteiger partial charge in [0.05, 0.1) is 0 Å². The third-order valence-electron chi connectivity index (χ3n) is 2.43. The third kappa shape index (κ3) is 3.21. The lowest BCUT2D eigenvalue weighted by molar-refractivity contribution is -0.114. The molecule has 1 rings (SSSR count). The average molecular weight is 191 g/mol. The molecule has 0 heterocycles. The second kappa shape index (κ2) is 4.80. The van der Waals surface area contributed by atoms with E-state index in [0.29, 0.717) is 5.57 Å². The number of carbonyl (C=O) groups excluding carboxylic acids is 1. The van der Waals surface area contributed by atoms with Gasteiger partial charge in [0.1, 0.15) is 0 Å². The Morgan fingerprint density at radius 1 is 1.57 bits per heavy atom. The zero-order valence-electron chi connectivity index (χ0n) is 8.62. The lowest BCUT2D eigenvalue weighted by Crippen LogP contribution is -2.12. The van der Waals surface area contributed by atoms with Gasteiger partial charge >= 0.3 is 0 Å². The van der Waals surface area contributed by atoms with E-state index in [1.807, 2.05) is 6.08 Å². The molecule has 1 aliphatic rings. The number of primary amides is 1. The number of hydrogen-bond acceptors (Lipinski definition) is 1. The highest BCUT2D eigenvalue weighted by Crippen LogP contribution is 2.37. The fourth-order valence-electron chi connectivity index (χ4n) is 1.32. The summed E-state index contributed by atoms with van der Waals surface area (Å²) in [4.78, 5) is 10.8. The van der Waals surface area contributed by atoms with Crippen LogP contribution in [0, 0.1) is 5.92 Å². The van der Waals surface area contributed by atoms with Crippen LogP contribution in [0.1, 0.15) is 26.2 Å². The predicted octanol–water partition coefficient (Wildman–Crippen LogP) is 2.33. The van der Waals surface area contributed by atoms with Gasteiger partial charge in [0.15, 0.2) is 0 Å². The van der Waals surface area contributed by atoms with E-state index in [-0.39, 0.29) is 5.91 Å². The number of carbonyl (C=O) groups is 1. The summed E-state index contributed by atoms with van der Waals surface area (Å²) < 4.78 is 0. The topological polar surface area (TPSA) is 43.1 Å². The molecule has 0 saturated heterocycles. The fraction of sp³-hybridized carbons (Fsp3) is 0.417. The molecular formula is C12H17NO. The Kier molecular flexibility index (Phi) is 3.69. The van der Waals surface area contributed by atoms with Crippen molar-refractivity contribution in [2.45, 2.75) is 26.2 Å². The van der Waals surface area contributed by atoms with Gasteiger partial charge in [-0.3, -0.25) is 4.79 Å². The molecule has 76 valence electrons. The normalized spacial score (nSPS) is 17.4. The maximum absolute atomic E-state index is 10.8. The first-order valence-electron chi connectivity index (χ1n) is 4.95. The summed E-state index contributed by atoms with van der Waals surface area (Å²) in [6, 6.07) is 0. The van der Waals surface area contributed by atoms with E-state index >= 15 is 0 Å². The molecule has 1 amide bonds. The lowest BCUT2D eigenvalue weighted by Gasteiger charge is -1.97. The molecule has 2 heteroatoms. The average Bonchev–Trinajstić information content (AvgIpc) is 2.94. The third-order valence-corrected chi connectivity index (χ3v) is 2.43. The summed E-state index contributed by atoms with van der Waals surface area (Å²) in [6.07, 6.45) is 8.86. The van der Waals surface area contributed by atoms with Gasteiger partial charge in [-0.05, 0) is 32.1 Å². The van der Waals surface area contributed by atoms with Gasteiger partial charge in [-0.2, -0.15) is 0 Å². The van der Waals surface area contributed by atoms with Gasteiger partial charge in [-0.25, -0.2) is 0 Å². The molecule has 0 aromatic heterocycles. The summed E-state index contributed by atoms with van der Waals surface area (Å²) in [7, 11) is 0. The molecule has 0 bridgehead atoms. The lowest BCUT2D eigenvalue weighted by atomic mass is 10.1. The van der Waals surface area contributed by atoms with Gasteiger partial charge < -0.3 is 5.73 Å². The smallest absolute Gasteiger partial charge is 0.248 e. The van der Waals surface area contributed by atoms with Crippen molar-refractivity contribution in [1.82, 2.24) is 0 Å². The molecular weight excluding hydrogens is 174 g/mol. The van der Waals surface area contributed by atoms with E-state index in [0.717, 1.165) is 12.3 Å². The van der Waals surface area contributed by atoms with Crippen LogP contribution >= 0.6 is 0 Å². The van der Waals surface area contributed by atoms with Gasteiger partial charge in [0, 0.05) is 5.57 Å². The van der Waals surface area contributed by atoms with Crippen molar-refractivity contribution < 1.29 is 4.79 Å². The van der Waals surface area contributed by atoms with Crippen molar-refractivity contribution in [2.24, 2.45) is 11.7 Å². The molecule has 1 aliphatic carbocycles. The standard InChI is InChI=1S/C12H17NO/c1-3-10(12(13)14)6-4-5-9(2)11-7-8-11/h3-4,6,11H,2,5,7-8H2,1H3,(H2,13,14). The maximum atomic E-state index is 10.8. The first kappa shape index (κ1) is 10.8. The minimum atomic E-state index is -0.374. The number of hydrogen-bond donors (Lipinski definition) is 1. The van der Waals surface area contributed by atoms with Crippen LogP contribution in [0.15, 0.2) is 36.0 Å². The van der Waals surface area contributed by atoms with Crippen LogP contribution in [0.2, 0.25) is 0 Å². The molecule has 1 saturated carbocycles. The molecule has 0 aliphatic heterocycles. The molecule has 2 N–H and O–H groups in total. The quantitative estimate of drug-likeness (QED) is 0.404. The van der Waals surface area contributed by atoms with Crippen LogP contribution in [0.4, 0.5) is 0 Å². The minimum Gasteiger partial charge on any atom is -0.366 e. The Balaban J connectivity index is 2.38. The van der Waals surface area contributed by atoms with Gasteiger partial charge in [-0.15, -0.1) is 0 Å². The maximum Gasteiger partial charge on any atom is 0.248 e. The summed E-state index contributed by atoms with van der Waals surface area (Å²) in [6.45, 7) is 5.80. The van der Waals surface area contributed by atoms with Crippen LogP contribution in [0.5, 0.6) is 0 Å². The summed E-state index contributed by atoms with van der Waals surface area (Å²) in [5.74, 6) is 0.350. The van der Waals surface area contributed by atoms with E-state index in [4.69, 9.17) is 5.73 Å². The molecule has 0 aromatic carbocycles. The highest BCUT2D eigenvalue weighted by atomic mass is 16.1. The summed E-state index contributed by atoms with van der Waals surface area (Å²) >= 11 is 0. The van der Waals surface area contributed by atoms with Crippen molar-refractivity contribution in [3.05, 3.63) is 36.0 Å². The fourth-order valence-corrected chi connectivity index (χ4v) is 1.32. The zero-order valence-corrected chi connectivity index (χ0v) is 8.62. The largest absolute Gasteiger partial charge is 0.366 e. The van der Waals surface area contributed by atoms with Crippen LogP contribution in [0.3, 0.4) is 0 Å². The Morgan fingerprint density at radius 2 is 2.21 bits per heavy atom. The van der Waals surface area contributed by atoms with Crippen molar-refractivity contribution in [3.8, 4) is 0 Å². The highest BCUT2D eigenvalue weighted by molar-refractivity contribution is 5.94. The van der Waals surface area contributed by atoms with Crippen LogP contribution in [-0.2, 0) is 4.79 Å². The van der Waals surface area contributed by atoms with E-state index in [2.05, 4.69) is 6.58 Å². The SMILES string of the molecule is C=C(CC=CC(=CC)C(N)=O)C1CC1. The van der Waals surface area contributed by atoms with E-state index in [1.165, 1.54) is 18.4 Å². The van der Waals surface area contributed by atoms with Crippen LogP contribution in [-0.4, -0.2) is 5.91 Å². The van der Waals surface area contributed by atoms with Gasteiger partial charge in [0.2, 0.25) is 5.91 Å². The second-order valence-electron chi connectivity index (χ2n) is 3.65. The summed E-state index contributed by atoms with van der Waals surface area (Å²) in [5, 5.41) is 0. The number of amides is 1. The zero-order chi connectivity index (χ0) is 10.6. The monoisotopic (exact) mass is 191 g/mol. The Bertz CT molecular complexity index is 295. The van der Waals surface area contributed by atoms with Crippen molar-refractivity contribution >= 4 is 5.91 Å². The number of nitrogens with two attached hydrogens (primary N) is 1. The predicted molar refractivity (Wildman–Crippen MR) is 58.6 cm³/mol. The van der Waals surface area contributed by atoms with E-state index in [9.17, 15) is 4.79 Å². The molecule has 2 nitrogen and oxygen atoms in total. The molecule has 0 aromatic rings. The Hall–Kier alpha value is -1.31. The molecule has 0 unspecified atom stereocenters. The van der Waals surface area contributed by atoms with Crippen LogP contribution in [0.25, 0.3) is 0 Å². The highest BCUT2D eigenvalue weighted by Gasteiger charge is 2.23. The summed E-state index contributed by atoms with van der Waals surface area (Å²) in [5.41, 5.74) is 6.98. The van der Waals surface area contributed by atoms with Crippen molar-refractivity contribution in [2.75, 3.05) is 0 Å². The number of rotatable bonds is 5. The minimum absolute atomic E-state index is 0.374. The number of allylic oxidation sites excluding steroid dienone is 3. The van der Waals surface area contributed by atoms with Crippen LogP contribution < -0.4 is 5.73 Å². The first-order chi connectivity index (χ1) is 6.65. The Labute approximate surface area is 85.2 Å². The first-order valence-corrected chi connectivity index (χ1v) is 4.95. The van der Waals surface area contributed by atoms with Gasteiger partial charge in [0.25, 0.3) is 0 Å². The van der Waals surface area contributed by atoms with Crippen molar-refractivity contribution in [1.29, 1.82) is 0 Å². The molecule has 0 atom stereocenters. The second-order valence-corrected chi connectivity index (χ2v) is 3.65. The Morgan fingerprint density at radius 3 is 2.64 bits per heavy atom. The molecule has 14 heavy (non-hydrogen) atoms. The molecule has 0 spiro atoms. The van der Waals surface area contributed by atoms with Crippen molar-refractivity contribution in [3.63, 3.8) is 0 Å².